The summed E-state index contributed by atoms with van der Waals surface area (Å²) in [4.78, 5) is 14.2. The standard InChI is InChI=1S/C15H18N4O3S/c1-11-6-12-4-2-3-5-13(12)8-19(11)15(20)10-18-9-14(7-17-18)23(16,21)22/h2-5,7,9,11H,6,8,10H2,1H3,(H2,16,21,22)/t11-/m0/s1. The molecule has 0 saturated heterocycles. The summed E-state index contributed by atoms with van der Waals surface area (Å²) in [7, 11) is -3.80. The van der Waals surface area contributed by atoms with Crippen LogP contribution in [0.3, 0.4) is 0 Å². The highest BCUT2D eigenvalue weighted by atomic mass is 32.2. The molecule has 8 heteroatoms. The molecule has 0 unspecified atom stereocenters. The van der Waals surface area contributed by atoms with Gasteiger partial charge in [0.25, 0.3) is 0 Å². The molecule has 1 aromatic heterocycles. The second-order valence-electron chi connectivity index (χ2n) is 5.76. The van der Waals surface area contributed by atoms with Crippen molar-refractivity contribution in [3.8, 4) is 0 Å². The van der Waals surface area contributed by atoms with Crippen LogP contribution in [0, 0.1) is 0 Å². The Morgan fingerprint density at radius 3 is 2.70 bits per heavy atom. The van der Waals surface area contributed by atoms with E-state index in [-0.39, 0.29) is 23.4 Å². The quantitative estimate of drug-likeness (QED) is 0.884. The van der Waals surface area contributed by atoms with E-state index in [4.69, 9.17) is 5.14 Å². The first-order chi connectivity index (χ1) is 10.8. The lowest BCUT2D eigenvalue weighted by atomic mass is 9.95. The largest absolute Gasteiger partial charge is 0.334 e. The minimum Gasteiger partial charge on any atom is -0.334 e. The van der Waals surface area contributed by atoms with E-state index in [2.05, 4.69) is 11.2 Å². The van der Waals surface area contributed by atoms with E-state index in [1.54, 1.807) is 4.90 Å². The van der Waals surface area contributed by atoms with Crippen molar-refractivity contribution in [2.75, 3.05) is 0 Å². The zero-order valence-corrected chi connectivity index (χ0v) is 13.5. The summed E-state index contributed by atoms with van der Waals surface area (Å²) in [6.45, 7) is 2.55. The summed E-state index contributed by atoms with van der Waals surface area (Å²) in [5.41, 5.74) is 2.41. The van der Waals surface area contributed by atoms with E-state index in [9.17, 15) is 13.2 Å². The lowest BCUT2D eigenvalue weighted by Crippen LogP contribution is -2.44. The van der Waals surface area contributed by atoms with Crippen LogP contribution in [0.25, 0.3) is 0 Å². The second kappa shape index (κ2) is 5.78. The maximum atomic E-state index is 12.5. The third-order valence-corrected chi connectivity index (χ3v) is 4.93. The van der Waals surface area contributed by atoms with E-state index >= 15 is 0 Å². The van der Waals surface area contributed by atoms with Crippen molar-refractivity contribution in [2.24, 2.45) is 5.14 Å². The average Bonchev–Trinajstić information content (AvgIpc) is 2.95. The van der Waals surface area contributed by atoms with E-state index < -0.39 is 10.0 Å². The number of nitrogens with zero attached hydrogens (tertiary/aromatic N) is 3. The number of hydrogen-bond donors (Lipinski definition) is 1. The predicted molar refractivity (Wildman–Crippen MR) is 83.8 cm³/mol. The first-order valence-electron chi connectivity index (χ1n) is 7.26. The van der Waals surface area contributed by atoms with E-state index in [0.29, 0.717) is 6.54 Å². The Kier molecular flexibility index (Phi) is 3.95. The van der Waals surface area contributed by atoms with Crippen LogP contribution in [0.5, 0.6) is 0 Å². The molecule has 0 saturated carbocycles. The Labute approximate surface area is 134 Å². The van der Waals surface area contributed by atoms with Crippen molar-refractivity contribution in [1.29, 1.82) is 0 Å². The highest BCUT2D eigenvalue weighted by molar-refractivity contribution is 7.89. The van der Waals surface area contributed by atoms with Crippen molar-refractivity contribution in [3.05, 3.63) is 47.8 Å². The monoisotopic (exact) mass is 334 g/mol. The second-order valence-corrected chi connectivity index (χ2v) is 7.32. The number of rotatable bonds is 3. The van der Waals surface area contributed by atoms with Gasteiger partial charge < -0.3 is 4.90 Å². The smallest absolute Gasteiger partial charge is 0.244 e. The molecule has 23 heavy (non-hydrogen) atoms. The summed E-state index contributed by atoms with van der Waals surface area (Å²) in [6, 6.07) is 8.16. The Morgan fingerprint density at radius 2 is 2.04 bits per heavy atom. The normalized spacial score (nSPS) is 17.8. The number of primary sulfonamides is 1. The summed E-state index contributed by atoms with van der Waals surface area (Å²) < 4.78 is 23.8. The van der Waals surface area contributed by atoms with Gasteiger partial charge in [-0.2, -0.15) is 5.10 Å². The van der Waals surface area contributed by atoms with Gasteiger partial charge in [0.1, 0.15) is 11.4 Å². The maximum absolute atomic E-state index is 12.5. The molecule has 0 spiro atoms. The van der Waals surface area contributed by atoms with Gasteiger partial charge in [-0.3, -0.25) is 9.48 Å². The molecule has 2 aromatic rings. The Morgan fingerprint density at radius 1 is 1.35 bits per heavy atom. The van der Waals surface area contributed by atoms with Crippen molar-refractivity contribution < 1.29 is 13.2 Å². The van der Waals surface area contributed by atoms with Crippen molar-refractivity contribution in [2.45, 2.75) is 37.4 Å². The minimum atomic E-state index is -3.80. The number of amides is 1. The van der Waals surface area contributed by atoms with Crippen LogP contribution in [0.1, 0.15) is 18.1 Å². The van der Waals surface area contributed by atoms with Crippen LogP contribution in [-0.4, -0.2) is 35.0 Å². The Bertz CT molecular complexity index is 844. The van der Waals surface area contributed by atoms with Crippen LogP contribution in [0.4, 0.5) is 0 Å². The van der Waals surface area contributed by atoms with E-state index in [1.165, 1.54) is 16.4 Å². The predicted octanol–water partition coefficient (Wildman–Crippen LogP) is 0.504. The number of carbonyl (C=O) groups excluding carboxylic acids is 1. The van der Waals surface area contributed by atoms with Crippen LogP contribution in [0.15, 0.2) is 41.6 Å². The van der Waals surface area contributed by atoms with Gasteiger partial charge >= 0.3 is 0 Å². The lowest BCUT2D eigenvalue weighted by molar-refractivity contribution is -0.135. The van der Waals surface area contributed by atoms with Gasteiger partial charge in [-0.25, -0.2) is 13.6 Å². The molecular formula is C15H18N4O3S. The molecular weight excluding hydrogens is 316 g/mol. The van der Waals surface area contributed by atoms with Crippen molar-refractivity contribution in [3.63, 3.8) is 0 Å². The van der Waals surface area contributed by atoms with Gasteiger partial charge in [0, 0.05) is 18.8 Å². The van der Waals surface area contributed by atoms with Gasteiger partial charge in [0.15, 0.2) is 0 Å². The molecule has 0 radical (unpaired) electrons. The fourth-order valence-corrected chi connectivity index (χ4v) is 3.28. The molecule has 1 aliphatic rings. The van der Waals surface area contributed by atoms with Gasteiger partial charge in [0.2, 0.25) is 15.9 Å². The molecule has 2 N–H and O–H groups in total. The Balaban J connectivity index is 1.75. The van der Waals surface area contributed by atoms with Gasteiger partial charge in [-0.1, -0.05) is 24.3 Å². The summed E-state index contributed by atoms with van der Waals surface area (Å²) in [5.74, 6) is -0.101. The van der Waals surface area contributed by atoms with Gasteiger partial charge in [0.05, 0.1) is 6.20 Å². The summed E-state index contributed by atoms with van der Waals surface area (Å²) in [6.07, 6.45) is 3.23. The Hall–Kier alpha value is -2.19. The topological polar surface area (TPSA) is 98.3 Å². The number of hydrogen-bond acceptors (Lipinski definition) is 4. The van der Waals surface area contributed by atoms with Crippen molar-refractivity contribution >= 4 is 15.9 Å². The molecule has 2 heterocycles. The SMILES string of the molecule is C[C@H]1Cc2ccccc2CN1C(=O)Cn1cc(S(N)(=O)=O)cn1. The number of aromatic nitrogens is 2. The fraction of sp³-hybridized carbons (Fsp3) is 0.333. The van der Waals surface area contributed by atoms with Crippen LogP contribution < -0.4 is 5.14 Å². The summed E-state index contributed by atoms with van der Waals surface area (Å²) >= 11 is 0. The fourth-order valence-electron chi connectivity index (χ4n) is 2.82. The average molecular weight is 334 g/mol. The van der Waals surface area contributed by atoms with E-state index in [1.807, 2.05) is 25.1 Å². The lowest BCUT2D eigenvalue weighted by Gasteiger charge is -2.35. The maximum Gasteiger partial charge on any atom is 0.244 e. The molecule has 1 aliphatic heterocycles. The first kappa shape index (κ1) is 15.7. The molecule has 0 fully saturated rings. The minimum absolute atomic E-state index is 0.0119. The number of benzene rings is 1. The number of carbonyl (C=O) groups is 1. The van der Waals surface area contributed by atoms with Crippen molar-refractivity contribution in [1.82, 2.24) is 14.7 Å². The molecule has 1 atom stereocenters. The first-order valence-corrected chi connectivity index (χ1v) is 8.81. The molecule has 122 valence electrons. The zero-order valence-electron chi connectivity index (χ0n) is 12.7. The number of nitrogens with two attached hydrogens (primary N) is 1. The van der Waals surface area contributed by atoms with Gasteiger partial charge in [-0.05, 0) is 24.5 Å². The van der Waals surface area contributed by atoms with E-state index in [0.717, 1.165) is 18.2 Å². The highest BCUT2D eigenvalue weighted by Gasteiger charge is 2.26. The zero-order chi connectivity index (χ0) is 16.6. The number of sulfonamides is 1. The van der Waals surface area contributed by atoms with Crippen LogP contribution >= 0.6 is 0 Å². The highest BCUT2D eigenvalue weighted by Crippen LogP contribution is 2.23. The van der Waals surface area contributed by atoms with Crippen LogP contribution in [0.2, 0.25) is 0 Å². The number of fused-ring (bicyclic) bond motifs is 1. The summed E-state index contributed by atoms with van der Waals surface area (Å²) in [5, 5.41) is 8.94. The molecule has 0 aliphatic carbocycles. The third kappa shape index (κ3) is 3.27. The molecule has 1 aromatic carbocycles. The molecule has 7 nitrogen and oxygen atoms in total. The third-order valence-electron chi connectivity index (χ3n) is 4.06. The molecule has 3 rings (SSSR count). The molecule has 1 amide bonds. The van der Waals surface area contributed by atoms with Gasteiger partial charge in [-0.15, -0.1) is 0 Å². The molecule has 0 bridgehead atoms. The van der Waals surface area contributed by atoms with Crippen LogP contribution in [-0.2, 0) is 34.3 Å².